The molecule has 1 saturated heterocycles. The monoisotopic (exact) mass is 546 g/mol. The molecule has 0 unspecified atom stereocenters. The molecule has 2 aromatic heterocycles. The van der Waals surface area contributed by atoms with Crippen LogP contribution >= 0.6 is 11.6 Å². The van der Waals surface area contributed by atoms with E-state index in [1.165, 1.54) is 19.2 Å². The summed E-state index contributed by atoms with van der Waals surface area (Å²) in [6.07, 6.45) is 1.60. The van der Waals surface area contributed by atoms with E-state index in [1.54, 1.807) is 30.3 Å². The number of hydrogen-bond donors (Lipinski definition) is 2. The van der Waals surface area contributed by atoms with E-state index in [2.05, 4.69) is 15.4 Å². The molecule has 3 heterocycles. The average molecular weight is 547 g/mol. The Balaban J connectivity index is 1.40. The number of nitrogens with zero attached hydrogens (tertiary/aromatic N) is 2. The standard InChI is InChI=1S/C28H23ClN4O6/c1-16-21(13-22-26(35)33(28(37)31-22)14-19-11-12-24(39-19)27(36)38-2)20-5-3-4-6-23(20)32(16)15-25(34)30-18-9-7-17(29)8-10-18/h3-13H,14-15H2,1-2H3,(H,30,34)(H,31,37)/b22-13-. The van der Waals surface area contributed by atoms with Gasteiger partial charge < -0.3 is 24.4 Å². The number of aromatic nitrogens is 1. The van der Waals surface area contributed by atoms with Crippen molar-refractivity contribution in [2.75, 3.05) is 12.4 Å². The van der Waals surface area contributed by atoms with Gasteiger partial charge in [0.15, 0.2) is 0 Å². The Morgan fingerprint density at radius 2 is 1.82 bits per heavy atom. The van der Waals surface area contributed by atoms with Crippen LogP contribution in [0.25, 0.3) is 17.0 Å². The maximum Gasteiger partial charge on any atom is 0.373 e. The molecule has 5 rings (SSSR count). The van der Waals surface area contributed by atoms with Crippen molar-refractivity contribution in [3.8, 4) is 0 Å². The summed E-state index contributed by atoms with van der Waals surface area (Å²) in [5.41, 5.74) is 2.94. The highest BCUT2D eigenvalue weighted by Crippen LogP contribution is 2.29. The molecule has 11 heteroatoms. The van der Waals surface area contributed by atoms with E-state index >= 15 is 0 Å². The van der Waals surface area contributed by atoms with Crippen LogP contribution in [0.4, 0.5) is 10.5 Å². The Kier molecular flexibility index (Phi) is 6.95. The summed E-state index contributed by atoms with van der Waals surface area (Å²) in [6.45, 7) is 1.72. The van der Waals surface area contributed by atoms with Crippen LogP contribution in [0.15, 0.2) is 70.8 Å². The molecule has 0 atom stereocenters. The molecule has 2 N–H and O–H groups in total. The first-order chi connectivity index (χ1) is 18.7. The lowest BCUT2D eigenvalue weighted by Crippen LogP contribution is -2.30. The first-order valence-electron chi connectivity index (χ1n) is 11.9. The van der Waals surface area contributed by atoms with Gasteiger partial charge in [0.25, 0.3) is 5.91 Å². The number of imide groups is 1. The number of methoxy groups -OCH3 is 1. The third-order valence-corrected chi connectivity index (χ3v) is 6.57. The molecule has 0 saturated carbocycles. The van der Waals surface area contributed by atoms with E-state index in [0.717, 1.165) is 21.5 Å². The molecule has 1 fully saturated rings. The van der Waals surface area contributed by atoms with Gasteiger partial charge >= 0.3 is 12.0 Å². The highest BCUT2D eigenvalue weighted by molar-refractivity contribution is 6.30. The molecule has 0 radical (unpaired) electrons. The number of esters is 1. The van der Waals surface area contributed by atoms with Gasteiger partial charge in [-0.3, -0.25) is 14.5 Å². The van der Waals surface area contributed by atoms with E-state index in [-0.39, 0.29) is 36.2 Å². The fourth-order valence-electron chi connectivity index (χ4n) is 4.41. The predicted molar refractivity (Wildman–Crippen MR) is 144 cm³/mol. The molecular weight excluding hydrogens is 524 g/mol. The van der Waals surface area contributed by atoms with Gasteiger partial charge in [0, 0.05) is 32.9 Å². The first-order valence-corrected chi connectivity index (χ1v) is 12.3. The molecule has 1 aliphatic heterocycles. The van der Waals surface area contributed by atoms with E-state index in [4.69, 9.17) is 16.0 Å². The molecule has 0 bridgehead atoms. The van der Waals surface area contributed by atoms with Crippen LogP contribution in [0.3, 0.4) is 0 Å². The van der Waals surface area contributed by atoms with E-state index < -0.39 is 17.9 Å². The largest absolute Gasteiger partial charge is 0.463 e. The summed E-state index contributed by atoms with van der Waals surface area (Å²) < 4.78 is 11.9. The number of fused-ring (bicyclic) bond motifs is 1. The minimum atomic E-state index is -0.659. The normalized spacial score (nSPS) is 14.2. The van der Waals surface area contributed by atoms with Crippen molar-refractivity contribution >= 4 is 58.1 Å². The van der Waals surface area contributed by atoms with Crippen molar-refractivity contribution in [1.82, 2.24) is 14.8 Å². The number of para-hydroxylation sites is 1. The van der Waals surface area contributed by atoms with Crippen molar-refractivity contribution in [3.05, 3.63) is 94.2 Å². The second kappa shape index (κ2) is 10.5. The van der Waals surface area contributed by atoms with Crippen LogP contribution in [0.5, 0.6) is 0 Å². The summed E-state index contributed by atoms with van der Waals surface area (Å²) in [5.74, 6) is -1.22. The van der Waals surface area contributed by atoms with Gasteiger partial charge in [-0.2, -0.15) is 0 Å². The second-order valence-electron chi connectivity index (χ2n) is 8.79. The molecule has 0 spiro atoms. The van der Waals surface area contributed by atoms with Gasteiger partial charge in [0.2, 0.25) is 11.7 Å². The van der Waals surface area contributed by atoms with Crippen LogP contribution < -0.4 is 10.6 Å². The average Bonchev–Trinajstić information content (AvgIpc) is 3.58. The summed E-state index contributed by atoms with van der Waals surface area (Å²) in [6, 6.07) is 16.6. The van der Waals surface area contributed by atoms with Crippen LogP contribution in [0, 0.1) is 6.92 Å². The number of furan rings is 1. The molecule has 39 heavy (non-hydrogen) atoms. The summed E-state index contributed by atoms with van der Waals surface area (Å²) in [4.78, 5) is 51.3. The van der Waals surface area contributed by atoms with Crippen molar-refractivity contribution < 1.29 is 28.3 Å². The summed E-state index contributed by atoms with van der Waals surface area (Å²) in [5, 5.41) is 6.85. The zero-order valence-corrected chi connectivity index (χ0v) is 21.7. The van der Waals surface area contributed by atoms with Crippen molar-refractivity contribution in [2.24, 2.45) is 0 Å². The Labute approximate surface area is 227 Å². The van der Waals surface area contributed by atoms with E-state index in [1.807, 2.05) is 35.8 Å². The number of nitrogens with one attached hydrogen (secondary N) is 2. The van der Waals surface area contributed by atoms with Crippen LogP contribution in [0.2, 0.25) is 5.02 Å². The summed E-state index contributed by atoms with van der Waals surface area (Å²) >= 11 is 5.93. The first kappa shape index (κ1) is 25.8. The fraction of sp³-hybridized carbons (Fsp3) is 0.143. The lowest BCUT2D eigenvalue weighted by atomic mass is 10.1. The zero-order valence-electron chi connectivity index (χ0n) is 21.0. The smallest absolute Gasteiger partial charge is 0.373 e. The van der Waals surface area contributed by atoms with Gasteiger partial charge in [-0.1, -0.05) is 29.8 Å². The number of rotatable bonds is 7. The zero-order chi connectivity index (χ0) is 27.7. The number of halogens is 1. The second-order valence-corrected chi connectivity index (χ2v) is 9.23. The number of urea groups is 1. The van der Waals surface area contributed by atoms with Gasteiger partial charge in [-0.15, -0.1) is 0 Å². The van der Waals surface area contributed by atoms with Gasteiger partial charge in [-0.05, 0) is 55.5 Å². The van der Waals surface area contributed by atoms with Crippen LogP contribution in [-0.4, -0.2) is 40.4 Å². The van der Waals surface area contributed by atoms with Crippen LogP contribution in [-0.2, 0) is 27.4 Å². The molecule has 0 aliphatic carbocycles. The molecule has 1 aliphatic rings. The third-order valence-electron chi connectivity index (χ3n) is 6.32. The van der Waals surface area contributed by atoms with Gasteiger partial charge in [0.05, 0.1) is 13.7 Å². The van der Waals surface area contributed by atoms with Crippen molar-refractivity contribution in [1.29, 1.82) is 0 Å². The third kappa shape index (κ3) is 5.14. The number of benzene rings is 2. The van der Waals surface area contributed by atoms with Gasteiger partial charge in [-0.25, -0.2) is 9.59 Å². The number of carbonyl (C=O) groups is 4. The molecule has 198 valence electrons. The SMILES string of the molecule is COC(=O)c1ccc(CN2C(=O)N/C(=C\c3c(C)n(CC(=O)Nc4ccc(Cl)cc4)c4ccccc34)C2=O)o1. The summed E-state index contributed by atoms with van der Waals surface area (Å²) in [7, 11) is 1.23. The number of amides is 4. The van der Waals surface area contributed by atoms with Gasteiger partial charge in [0.1, 0.15) is 18.0 Å². The molecule has 2 aromatic carbocycles. The maximum absolute atomic E-state index is 13.1. The van der Waals surface area contributed by atoms with Crippen molar-refractivity contribution in [3.63, 3.8) is 0 Å². The molecule has 4 aromatic rings. The Morgan fingerprint density at radius 3 is 2.56 bits per heavy atom. The topological polar surface area (TPSA) is 123 Å². The Bertz CT molecular complexity index is 1650. The quantitative estimate of drug-likeness (QED) is 0.196. The molecule has 4 amide bonds. The fourth-order valence-corrected chi connectivity index (χ4v) is 4.54. The van der Waals surface area contributed by atoms with E-state index in [9.17, 15) is 19.2 Å². The Morgan fingerprint density at radius 1 is 1.08 bits per heavy atom. The van der Waals surface area contributed by atoms with Crippen LogP contribution in [0.1, 0.15) is 27.6 Å². The molecule has 10 nitrogen and oxygen atoms in total. The molecular formula is C28H23ClN4O6. The number of anilines is 1. The highest BCUT2D eigenvalue weighted by Gasteiger charge is 2.35. The lowest BCUT2D eigenvalue weighted by Gasteiger charge is -2.10. The number of ether oxygens (including phenoxy) is 1. The van der Waals surface area contributed by atoms with Crippen molar-refractivity contribution in [2.45, 2.75) is 20.0 Å². The Hall–Kier alpha value is -4.83. The number of hydrogen-bond acceptors (Lipinski definition) is 6. The predicted octanol–water partition coefficient (Wildman–Crippen LogP) is 4.71. The lowest BCUT2D eigenvalue weighted by molar-refractivity contribution is -0.123. The maximum atomic E-state index is 13.1. The highest BCUT2D eigenvalue weighted by atomic mass is 35.5. The van der Waals surface area contributed by atoms with E-state index in [0.29, 0.717) is 16.3 Å². The minimum absolute atomic E-state index is 0.0288. The minimum Gasteiger partial charge on any atom is -0.463 e. The number of carbonyl (C=O) groups excluding carboxylic acids is 4.